The Morgan fingerprint density at radius 2 is 2.31 bits per heavy atom. The van der Waals surface area contributed by atoms with E-state index in [1.165, 1.54) is 6.07 Å². The number of rotatable bonds is 4. The fourth-order valence-corrected chi connectivity index (χ4v) is 1.45. The van der Waals surface area contributed by atoms with Crippen molar-refractivity contribution in [3.05, 3.63) is 24.0 Å². The molecule has 0 radical (unpaired) electrons. The zero-order valence-corrected chi connectivity index (χ0v) is 9.24. The van der Waals surface area contributed by atoms with Crippen molar-refractivity contribution in [2.45, 2.75) is 19.8 Å². The summed E-state index contributed by atoms with van der Waals surface area (Å²) in [5, 5.41) is 0. The highest BCUT2D eigenvalue weighted by molar-refractivity contribution is 5.87. The quantitative estimate of drug-likeness (QED) is 0.628. The van der Waals surface area contributed by atoms with Gasteiger partial charge in [0, 0.05) is 12.0 Å². The molecule has 4 heteroatoms. The molecule has 0 atom stereocenters. The van der Waals surface area contributed by atoms with Crippen LogP contribution >= 0.6 is 0 Å². The number of halogens is 1. The van der Waals surface area contributed by atoms with Gasteiger partial charge in [-0.3, -0.25) is 0 Å². The number of ether oxygens (including phenoxy) is 1. The van der Waals surface area contributed by atoms with Crippen LogP contribution in [0.25, 0.3) is 0 Å². The molecule has 1 aliphatic rings. The van der Waals surface area contributed by atoms with Gasteiger partial charge in [0.05, 0.1) is 12.3 Å². The Morgan fingerprint density at radius 3 is 2.88 bits per heavy atom. The molecule has 86 valence electrons. The molecule has 0 aliphatic heterocycles. The molecule has 0 unspecified atom stereocenters. The summed E-state index contributed by atoms with van der Waals surface area (Å²) in [4.78, 5) is 4.18. The molecular formula is C12H15FN2O. The SMILES string of the molecule is CCOc1ccc(N=C(N)C2CC2)cc1F. The molecule has 1 fully saturated rings. The molecule has 0 saturated heterocycles. The van der Waals surface area contributed by atoms with E-state index in [4.69, 9.17) is 10.5 Å². The first-order valence-electron chi connectivity index (χ1n) is 5.47. The lowest BCUT2D eigenvalue weighted by molar-refractivity contribution is 0.321. The van der Waals surface area contributed by atoms with Crippen molar-refractivity contribution in [3.8, 4) is 5.75 Å². The van der Waals surface area contributed by atoms with Crippen molar-refractivity contribution in [2.24, 2.45) is 16.6 Å². The summed E-state index contributed by atoms with van der Waals surface area (Å²) in [6, 6.07) is 4.64. The number of aliphatic imine (C=N–C) groups is 1. The highest BCUT2D eigenvalue weighted by Gasteiger charge is 2.25. The Labute approximate surface area is 94.1 Å². The first-order chi connectivity index (χ1) is 7.70. The first kappa shape index (κ1) is 10.9. The third kappa shape index (κ3) is 2.51. The lowest BCUT2D eigenvalue weighted by atomic mass is 10.3. The largest absolute Gasteiger partial charge is 0.491 e. The van der Waals surface area contributed by atoms with Crippen LogP contribution in [0.15, 0.2) is 23.2 Å². The molecule has 0 amide bonds. The van der Waals surface area contributed by atoms with Gasteiger partial charge in [0.2, 0.25) is 0 Å². The van der Waals surface area contributed by atoms with Gasteiger partial charge in [-0.25, -0.2) is 9.38 Å². The van der Waals surface area contributed by atoms with Crippen LogP contribution in [0.4, 0.5) is 10.1 Å². The van der Waals surface area contributed by atoms with Crippen LogP contribution in [0.1, 0.15) is 19.8 Å². The van der Waals surface area contributed by atoms with Crippen molar-refractivity contribution in [3.63, 3.8) is 0 Å². The van der Waals surface area contributed by atoms with Crippen LogP contribution < -0.4 is 10.5 Å². The van der Waals surface area contributed by atoms with Gasteiger partial charge >= 0.3 is 0 Å². The number of amidine groups is 1. The summed E-state index contributed by atoms with van der Waals surface area (Å²) in [5.41, 5.74) is 6.30. The third-order valence-corrected chi connectivity index (χ3v) is 2.47. The summed E-state index contributed by atoms with van der Waals surface area (Å²) < 4.78 is 18.6. The molecular weight excluding hydrogens is 207 g/mol. The van der Waals surface area contributed by atoms with Crippen molar-refractivity contribution in [1.29, 1.82) is 0 Å². The second-order valence-electron chi connectivity index (χ2n) is 3.86. The maximum atomic E-state index is 13.5. The highest BCUT2D eigenvalue weighted by Crippen LogP contribution is 2.31. The molecule has 2 N–H and O–H groups in total. The van der Waals surface area contributed by atoms with Gasteiger partial charge in [0.15, 0.2) is 11.6 Å². The maximum Gasteiger partial charge on any atom is 0.167 e. The Balaban J connectivity index is 2.16. The fourth-order valence-electron chi connectivity index (χ4n) is 1.45. The van der Waals surface area contributed by atoms with Crippen LogP contribution in [0.2, 0.25) is 0 Å². The van der Waals surface area contributed by atoms with E-state index < -0.39 is 5.82 Å². The number of hydrogen-bond acceptors (Lipinski definition) is 2. The lowest BCUT2D eigenvalue weighted by Crippen LogP contribution is -2.13. The van der Waals surface area contributed by atoms with E-state index in [1.807, 2.05) is 6.92 Å². The summed E-state index contributed by atoms with van der Waals surface area (Å²) >= 11 is 0. The van der Waals surface area contributed by atoms with E-state index in [0.29, 0.717) is 24.0 Å². The zero-order valence-electron chi connectivity index (χ0n) is 9.24. The average Bonchev–Trinajstić information content (AvgIpc) is 3.05. The predicted molar refractivity (Wildman–Crippen MR) is 61.6 cm³/mol. The molecule has 1 aromatic rings. The Bertz CT molecular complexity index is 413. The third-order valence-electron chi connectivity index (χ3n) is 2.47. The Morgan fingerprint density at radius 1 is 1.56 bits per heavy atom. The second-order valence-corrected chi connectivity index (χ2v) is 3.86. The zero-order chi connectivity index (χ0) is 11.5. The van der Waals surface area contributed by atoms with Gasteiger partial charge in [0.25, 0.3) is 0 Å². The standard InChI is InChI=1S/C12H15FN2O/c1-2-16-11-6-5-9(7-10(11)13)15-12(14)8-3-4-8/h5-8H,2-4H2,1H3,(H2,14,15). The van der Waals surface area contributed by atoms with Crippen LogP contribution in [0.5, 0.6) is 5.75 Å². The molecule has 0 aromatic heterocycles. The molecule has 0 heterocycles. The number of benzene rings is 1. The summed E-state index contributed by atoms with van der Waals surface area (Å²) in [6.45, 7) is 2.26. The van der Waals surface area contributed by atoms with Crippen molar-refractivity contribution < 1.29 is 9.13 Å². The second kappa shape index (κ2) is 4.51. The van der Waals surface area contributed by atoms with Gasteiger partial charge in [-0.15, -0.1) is 0 Å². The topological polar surface area (TPSA) is 47.6 Å². The molecule has 0 spiro atoms. The van der Waals surface area contributed by atoms with E-state index in [9.17, 15) is 4.39 Å². The van der Waals surface area contributed by atoms with E-state index in [0.717, 1.165) is 12.8 Å². The summed E-state index contributed by atoms with van der Waals surface area (Å²) in [6.07, 6.45) is 2.18. The van der Waals surface area contributed by atoms with Crippen LogP contribution in [0, 0.1) is 11.7 Å². The van der Waals surface area contributed by atoms with E-state index >= 15 is 0 Å². The van der Waals surface area contributed by atoms with Crippen molar-refractivity contribution in [2.75, 3.05) is 6.61 Å². The van der Waals surface area contributed by atoms with Crippen molar-refractivity contribution in [1.82, 2.24) is 0 Å². The highest BCUT2D eigenvalue weighted by atomic mass is 19.1. The molecule has 1 saturated carbocycles. The smallest absolute Gasteiger partial charge is 0.167 e. The number of nitrogens with two attached hydrogens (primary N) is 1. The minimum atomic E-state index is -0.397. The normalized spacial score (nSPS) is 16.2. The van der Waals surface area contributed by atoms with Crippen molar-refractivity contribution >= 4 is 11.5 Å². The molecule has 0 bridgehead atoms. The minimum Gasteiger partial charge on any atom is -0.491 e. The van der Waals surface area contributed by atoms with Gasteiger partial charge in [-0.1, -0.05) is 0 Å². The van der Waals surface area contributed by atoms with Crippen LogP contribution in [-0.2, 0) is 0 Å². The fraction of sp³-hybridized carbons (Fsp3) is 0.417. The Hall–Kier alpha value is -1.58. The van der Waals surface area contributed by atoms with E-state index in [-0.39, 0.29) is 5.75 Å². The monoisotopic (exact) mass is 222 g/mol. The number of nitrogens with zero attached hydrogens (tertiary/aromatic N) is 1. The van der Waals surface area contributed by atoms with Gasteiger partial charge in [-0.2, -0.15) is 0 Å². The molecule has 3 nitrogen and oxygen atoms in total. The molecule has 1 aromatic carbocycles. The van der Waals surface area contributed by atoms with Gasteiger partial charge in [-0.05, 0) is 31.9 Å². The Kier molecular flexibility index (Phi) is 3.08. The number of hydrogen-bond donors (Lipinski definition) is 1. The van der Waals surface area contributed by atoms with E-state index in [2.05, 4.69) is 4.99 Å². The summed E-state index contributed by atoms with van der Waals surface area (Å²) in [5.74, 6) is 0.858. The maximum absolute atomic E-state index is 13.5. The predicted octanol–water partition coefficient (Wildman–Crippen LogP) is 2.62. The molecule has 16 heavy (non-hydrogen) atoms. The minimum absolute atomic E-state index is 0.256. The van der Waals surface area contributed by atoms with Crippen LogP contribution in [-0.4, -0.2) is 12.4 Å². The van der Waals surface area contributed by atoms with Crippen LogP contribution in [0.3, 0.4) is 0 Å². The lowest BCUT2D eigenvalue weighted by Gasteiger charge is -2.05. The van der Waals surface area contributed by atoms with Gasteiger partial charge in [0.1, 0.15) is 5.84 Å². The van der Waals surface area contributed by atoms with Gasteiger partial charge < -0.3 is 10.5 Å². The average molecular weight is 222 g/mol. The molecule has 1 aliphatic carbocycles. The molecule has 2 rings (SSSR count). The first-order valence-corrected chi connectivity index (χ1v) is 5.47. The van der Waals surface area contributed by atoms with E-state index in [1.54, 1.807) is 12.1 Å². The summed E-state index contributed by atoms with van der Waals surface area (Å²) in [7, 11) is 0.